The Kier molecular flexibility index (Phi) is 7.03. The summed E-state index contributed by atoms with van der Waals surface area (Å²) in [6.45, 7) is 0.183. The van der Waals surface area contributed by atoms with Crippen LogP contribution in [0.4, 0.5) is 61.5 Å². The Hall–Kier alpha value is -1.06. The van der Waals surface area contributed by atoms with E-state index in [0.717, 1.165) is 0 Å². The van der Waals surface area contributed by atoms with Gasteiger partial charge in [-0.25, -0.2) is 8.78 Å². The van der Waals surface area contributed by atoms with E-state index in [-0.39, 0.29) is 12.8 Å². The molecule has 2 atom stereocenters. The summed E-state index contributed by atoms with van der Waals surface area (Å²) in [5, 5.41) is 0. The van der Waals surface area contributed by atoms with Crippen molar-refractivity contribution in [2.45, 2.75) is 80.5 Å². The third kappa shape index (κ3) is 4.05. The Bertz CT molecular complexity index is 561. The van der Waals surface area contributed by atoms with Gasteiger partial charge in [0.2, 0.25) is 5.79 Å². The topological polar surface area (TPSA) is 18.5 Å². The minimum Gasteiger partial charge on any atom is -0.346 e. The van der Waals surface area contributed by atoms with Crippen LogP contribution in [-0.4, -0.2) is 54.5 Å². The van der Waals surface area contributed by atoms with Gasteiger partial charge >= 0.3 is 36.0 Å². The Morgan fingerprint density at radius 3 is 1.53 bits per heavy atom. The second kappa shape index (κ2) is 7.81. The summed E-state index contributed by atoms with van der Waals surface area (Å²) in [5.74, 6) is -4.73. The van der Waals surface area contributed by atoms with Crippen molar-refractivity contribution in [3.8, 4) is 0 Å². The van der Waals surface area contributed by atoms with E-state index in [4.69, 9.17) is 0 Å². The molecule has 0 aromatic heterocycles. The highest BCUT2D eigenvalue weighted by Gasteiger charge is 2.87. The van der Waals surface area contributed by atoms with Crippen molar-refractivity contribution in [1.29, 1.82) is 0 Å². The lowest BCUT2D eigenvalue weighted by Gasteiger charge is -2.44. The zero-order valence-electron chi connectivity index (χ0n) is 14.7. The second-order valence-electron chi connectivity index (χ2n) is 6.46. The molecule has 0 spiro atoms. The average molecular weight is 480 g/mol. The molecule has 0 amide bonds. The molecule has 0 aromatic carbocycles. The summed E-state index contributed by atoms with van der Waals surface area (Å²) < 4.78 is 192. The zero-order valence-corrected chi connectivity index (χ0v) is 14.7. The lowest BCUT2D eigenvalue weighted by Crippen LogP contribution is -2.70. The molecule has 0 bridgehead atoms. The SMILES string of the molecule is CCCCOC1(C(F)(C(F)(F)F)C(F)(F)F)CCC(C(F)(C(F)(F)F)C(F)(F)F)O1. The molecule has 1 rings (SSSR count). The van der Waals surface area contributed by atoms with E-state index in [1.165, 1.54) is 6.92 Å². The lowest BCUT2D eigenvalue weighted by atomic mass is 9.89. The van der Waals surface area contributed by atoms with Crippen LogP contribution < -0.4 is 0 Å². The molecule has 1 fully saturated rings. The van der Waals surface area contributed by atoms with E-state index >= 15 is 0 Å². The van der Waals surface area contributed by atoms with E-state index in [9.17, 15) is 61.5 Å². The first-order valence-corrected chi connectivity index (χ1v) is 8.09. The third-order valence-corrected chi connectivity index (χ3v) is 4.48. The molecule has 2 unspecified atom stereocenters. The van der Waals surface area contributed by atoms with Gasteiger partial charge in [0.1, 0.15) is 6.10 Å². The van der Waals surface area contributed by atoms with Crippen LogP contribution >= 0.6 is 0 Å². The van der Waals surface area contributed by atoms with Crippen LogP contribution in [0.15, 0.2) is 0 Å². The first-order chi connectivity index (χ1) is 13.1. The molecule has 0 N–H and O–H groups in total. The molecule has 1 saturated heterocycles. The second-order valence-corrected chi connectivity index (χ2v) is 6.46. The summed E-state index contributed by atoms with van der Waals surface area (Å²) in [6, 6.07) is 0. The summed E-state index contributed by atoms with van der Waals surface area (Å²) in [5.41, 5.74) is -12.9. The molecule has 1 aliphatic rings. The molecule has 0 aromatic rings. The maximum absolute atomic E-state index is 14.6. The standard InChI is InChI=1S/C14H14F14O2/c1-2-3-6-29-8(10(16,13(23,24)25)14(26,27)28)5-4-7(30-8)9(15,11(17,18)19)12(20,21)22/h7H,2-6H2,1H3. The highest BCUT2D eigenvalue weighted by molar-refractivity contribution is 5.13. The number of hydrogen-bond donors (Lipinski definition) is 0. The minimum absolute atomic E-state index is 0.0228. The van der Waals surface area contributed by atoms with Crippen LogP contribution in [0.3, 0.4) is 0 Å². The van der Waals surface area contributed by atoms with Crippen molar-refractivity contribution in [3.05, 3.63) is 0 Å². The first-order valence-electron chi connectivity index (χ1n) is 8.09. The van der Waals surface area contributed by atoms with Gasteiger partial charge < -0.3 is 9.47 Å². The Morgan fingerprint density at radius 2 is 1.20 bits per heavy atom. The van der Waals surface area contributed by atoms with E-state index < -0.39 is 67.4 Å². The van der Waals surface area contributed by atoms with Crippen LogP contribution in [0, 0.1) is 0 Å². The average Bonchev–Trinajstić information content (AvgIpc) is 2.95. The lowest BCUT2D eigenvalue weighted by molar-refractivity contribution is -0.448. The van der Waals surface area contributed by atoms with E-state index in [2.05, 4.69) is 9.47 Å². The number of alkyl halides is 14. The number of unbranched alkanes of at least 4 members (excludes halogenated alkanes) is 1. The third-order valence-electron chi connectivity index (χ3n) is 4.48. The molecule has 0 radical (unpaired) electrons. The minimum atomic E-state index is -6.94. The van der Waals surface area contributed by atoms with Crippen molar-refractivity contribution < 1.29 is 70.9 Å². The smallest absolute Gasteiger partial charge is 0.346 e. The van der Waals surface area contributed by atoms with Crippen LogP contribution in [0.25, 0.3) is 0 Å². The fourth-order valence-corrected chi connectivity index (χ4v) is 2.91. The molecule has 2 nitrogen and oxygen atoms in total. The molecule has 0 aliphatic carbocycles. The molecular weight excluding hydrogens is 466 g/mol. The van der Waals surface area contributed by atoms with Gasteiger partial charge in [-0.15, -0.1) is 0 Å². The molecule has 0 saturated carbocycles. The van der Waals surface area contributed by atoms with Gasteiger partial charge in [-0.05, 0) is 12.8 Å². The van der Waals surface area contributed by atoms with E-state index in [1.54, 1.807) is 0 Å². The van der Waals surface area contributed by atoms with Gasteiger partial charge in [0.15, 0.2) is 0 Å². The zero-order chi connectivity index (χ0) is 24.0. The molecule has 1 aliphatic heterocycles. The number of halogens is 14. The molecular formula is C14H14F14O2. The summed E-state index contributed by atoms with van der Waals surface area (Å²) in [4.78, 5) is 0. The monoisotopic (exact) mass is 480 g/mol. The number of hydrogen-bond acceptors (Lipinski definition) is 2. The van der Waals surface area contributed by atoms with Crippen LogP contribution in [0.2, 0.25) is 0 Å². The van der Waals surface area contributed by atoms with Crippen molar-refractivity contribution in [1.82, 2.24) is 0 Å². The van der Waals surface area contributed by atoms with Crippen LogP contribution in [-0.2, 0) is 9.47 Å². The van der Waals surface area contributed by atoms with Crippen molar-refractivity contribution in [3.63, 3.8) is 0 Å². The predicted octanol–water partition coefficient (Wildman–Crippen LogP) is 6.34. The van der Waals surface area contributed by atoms with Crippen molar-refractivity contribution >= 4 is 0 Å². The largest absolute Gasteiger partial charge is 0.437 e. The van der Waals surface area contributed by atoms with Crippen molar-refractivity contribution in [2.24, 2.45) is 0 Å². The van der Waals surface area contributed by atoms with Gasteiger partial charge in [0, 0.05) is 6.42 Å². The normalized spacial score (nSPS) is 25.1. The van der Waals surface area contributed by atoms with Gasteiger partial charge in [-0.1, -0.05) is 13.3 Å². The number of rotatable bonds is 6. The van der Waals surface area contributed by atoms with E-state index in [1.807, 2.05) is 0 Å². The van der Waals surface area contributed by atoms with Crippen LogP contribution in [0.5, 0.6) is 0 Å². The fourth-order valence-electron chi connectivity index (χ4n) is 2.91. The highest BCUT2D eigenvalue weighted by Crippen LogP contribution is 2.61. The predicted molar refractivity (Wildman–Crippen MR) is 69.6 cm³/mol. The first kappa shape index (κ1) is 27.0. The molecule has 30 heavy (non-hydrogen) atoms. The Labute approximate surface area is 159 Å². The molecule has 16 heteroatoms. The van der Waals surface area contributed by atoms with Gasteiger partial charge in [0.25, 0.3) is 0 Å². The Balaban J connectivity index is 3.63. The Morgan fingerprint density at radius 1 is 0.767 bits per heavy atom. The van der Waals surface area contributed by atoms with Crippen molar-refractivity contribution in [2.75, 3.05) is 6.61 Å². The van der Waals surface area contributed by atoms with E-state index in [0.29, 0.717) is 0 Å². The maximum atomic E-state index is 14.6. The summed E-state index contributed by atoms with van der Waals surface area (Å²) in [6.07, 6.45) is -36.0. The maximum Gasteiger partial charge on any atom is 0.437 e. The molecule has 180 valence electrons. The number of ether oxygens (including phenoxy) is 2. The van der Waals surface area contributed by atoms with Gasteiger partial charge in [-0.3, -0.25) is 0 Å². The highest BCUT2D eigenvalue weighted by atomic mass is 19.4. The quantitative estimate of drug-likeness (QED) is 0.326. The van der Waals surface area contributed by atoms with Crippen LogP contribution in [0.1, 0.15) is 32.6 Å². The summed E-state index contributed by atoms with van der Waals surface area (Å²) in [7, 11) is 0. The van der Waals surface area contributed by atoms with Gasteiger partial charge in [0.05, 0.1) is 6.61 Å². The summed E-state index contributed by atoms with van der Waals surface area (Å²) >= 11 is 0. The van der Waals surface area contributed by atoms with Gasteiger partial charge in [-0.2, -0.15) is 52.7 Å². The fraction of sp³-hybridized carbons (Fsp3) is 1.00. The molecule has 1 heterocycles.